The lowest BCUT2D eigenvalue weighted by Gasteiger charge is -2.14. The molecule has 0 saturated carbocycles. The van der Waals surface area contributed by atoms with Crippen molar-refractivity contribution in [2.75, 3.05) is 5.73 Å². The number of aryl methyl sites for hydroxylation is 1. The van der Waals surface area contributed by atoms with E-state index in [1.807, 2.05) is 12.1 Å². The van der Waals surface area contributed by atoms with E-state index in [1.165, 1.54) is 5.56 Å². The minimum absolute atomic E-state index is 0.330. The summed E-state index contributed by atoms with van der Waals surface area (Å²) in [4.78, 5) is 4.80. The third-order valence-electron chi connectivity index (χ3n) is 3.65. The highest BCUT2D eigenvalue weighted by molar-refractivity contribution is 5.90. The van der Waals surface area contributed by atoms with Gasteiger partial charge in [-0.05, 0) is 38.5 Å². The number of fused-ring (bicyclic) bond motifs is 1. The van der Waals surface area contributed by atoms with Gasteiger partial charge >= 0.3 is 0 Å². The molecule has 0 radical (unpaired) electrons. The topological polar surface area (TPSA) is 43.8 Å². The number of hydrogen-bond acceptors (Lipinski definition) is 2. The van der Waals surface area contributed by atoms with Crippen molar-refractivity contribution >= 4 is 16.7 Å². The van der Waals surface area contributed by atoms with Crippen LogP contribution in [0.1, 0.15) is 25.5 Å². The Morgan fingerprint density at radius 2 is 1.80 bits per heavy atom. The van der Waals surface area contributed by atoms with E-state index in [2.05, 4.69) is 55.7 Å². The second-order valence-corrected chi connectivity index (χ2v) is 5.43. The molecule has 0 unspecified atom stereocenters. The number of aromatic nitrogens is 2. The largest absolute Gasteiger partial charge is 0.397 e. The first-order valence-electron chi connectivity index (χ1n) is 6.92. The fourth-order valence-electron chi connectivity index (χ4n) is 2.68. The normalized spacial score (nSPS) is 11.4. The summed E-state index contributed by atoms with van der Waals surface area (Å²) in [7, 11) is 0. The van der Waals surface area contributed by atoms with E-state index in [0.29, 0.717) is 6.04 Å². The summed E-state index contributed by atoms with van der Waals surface area (Å²) in [5, 5.41) is 0. The second kappa shape index (κ2) is 4.67. The standard InChI is InChI=1S/C17H19N3/c1-11(2)20-15-10-6-9-14(18)16(15)19-17(20)13-8-5-4-7-12(13)3/h4-11H,18H2,1-3H3. The van der Waals surface area contributed by atoms with E-state index >= 15 is 0 Å². The lowest BCUT2D eigenvalue weighted by Crippen LogP contribution is -2.03. The first-order valence-corrected chi connectivity index (χ1v) is 6.92. The lowest BCUT2D eigenvalue weighted by atomic mass is 10.1. The zero-order valence-corrected chi connectivity index (χ0v) is 12.1. The van der Waals surface area contributed by atoms with Crippen molar-refractivity contribution < 1.29 is 0 Å². The molecule has 2 N–H and O–H groups in total. The van der Waals surface area contributed by atoms with Crippen LogP contribution in [0.3, 0.4) is 0 Å². The summed E-state index contributed by atoms with van der Waals surface area (Å²) in [6.07, 6.45) is 0. The van der Waals surface area contributed by atoms with Crippen molar-refractivity contribution in [1.29, 1.82) is 0 Å². The van der Waals surface area contributed by atoms with Crippen LogP contribution in [0.15, 0.2) is 42.5 Å². The lowest BCUT2D eigenvalue weighted by molar-refractivity contribution is 0.624. The zero-order chi connectivity index (χ0) is 14.3. The number of nitrogens with zero attached hydrogens (tertiary/aromatic N) is 2. The number of anilines is 1. The number of imidazole rings is 1. The SMILES string of the molecule is Cc1ccccc1-c1nc2c(N)cccc2n1C(C)C. The quantitative estimate of drug-likeness (QED) is 0.706. The third kappa shape index (κ3) is 1.86. The fraction of sp³-hybridized carbons (Fsp3) is 0.235. The predicted octanol–water partition coefficient (Wildman–Crippen LogP) is 4.17. The van der Waals surface area contributed by atoms with Gasteiger partial charge in [0, 0.05) is 11.6 Å². The highest BCUT2D eigenvalue weighted by Gasteiger charge is 2.17. The van der Waals surface area contributed by atoms with Crippen molar-refractivity contribution in [3.05, 3.63) is 48.0 Å². The minimum Gasteiger partial charge on any atom is -0.397 e. The summed E-state index contributed by atoms with van der Waals surface area (Å²) >= 11 is 0. The molecule has 0 spiro atoms. The van der Waals surface area contributed by atoms with Crippen LogP contribution in [0.5, 0.6) is 0 Å². The maximum Gasteiger partial charge on any atom is 0.141 e. The number of benzene rings is 2. The Balaban J connectivity index is 2.39. The average molecular weight is 265 g/mol. The molecule has 0 atom stereocenters. The van der Waals surface area contributed by atoms with Gasteiger partial charge in [0.1, 0.15) is 11.3 Å². The predicted molar refractivity (Wildman–Crippen MR) is 84.7 cm³/mol. The first kappa shape index (κ1) is 12.7. The van der Waals surface area contributed by atoms with Crippen molar-refractivity contribution in [2.24, 2.45) is 0 Å². The fourth-order valence-corrected chi connectivity index (χ4v) is 2.68. The first-order chi connectivity index (χ1) is 9.59. The van der Waals surface area contributed by atoms with Gasteiger partial charge in [0.2, 0.25) is 0 Å². The zero-order valence-electron chi connectivity index (χ0n) is 12.1. The smallest absolute Gasteiger partial charge is 0.141 e. The second-order valence-electron chi connectivity index (χ2n) is 5.43. The summed E-state index contributed by atoms with van der Waals surface area (Å²) in [5.41, 5.74) is 11.2. The highest BCUT2D eigenvalue weighted by Crippen LogP contribution is 2.32. The molecule has 0 aliphatic rings. The Bertz CT molecular complexity index is 769. The monoisotopic (exact) mass is 265 g/mol. The third-order valence-corrected chi connectivity index (χ3v) is 3.65. The molecule has 20 heavy (non-hydrogen) atoms. The Morgan fingerprint density at radius 1 is 1.05 bits per heavy atom. The van der Waals surface area contributed by atoms with Crippen molar-refractivity contribution in [3.63, 3.8) is 0 Å². The molecule has 1 heterocycles. The van der Waals surface area contributed by atoms with E-state index in [-0.39, 0.29) is 0 Å². The van der Waals surface area contributed by atoms with Gasteiger partial charge in [0.05, 0.1) is 11.2 Å². The Labute approximate surface area is 119 Å². The van der Waals surface area contributed by atoms with E-state index in [0.717, 1.165) is 28.1 Å². The van der Waals surface area contributed by atoms with Crippen LogP contribution in [0, 0.1) is 6.92 Å². The molecule has 0 fully saturated rings. The van der Waals surface area contributed by atoms with Crippen molar-refractivity contribution in [1.82, 2.24) is 9.55 Å². The molecular formula is C17H19N3. The van der Waals surface area contributed by atoms with Crippen molar-refractivity contribution in [3.8, 4) is 11.4 Å². The van der Waals surface area contributed by atoms with E-state index in [1.54, 1.807) is 0 Å². The Kier molecular flexibility index (Phi) is 2.97. The van der Waals surface area contributed by atoms with E-state index in [9.17, 15) is 0 Å². The van der Waals surface area contributed by atoms with Gasteiger partial charge in [0.15, 0.2) is 0 Å². The van der Waals surface area contributed by atoms with Gasteiger partial charge < -0.3 is 10.3 Å². The minimum atomic E-state index is 0.330. The van der Waals surface area contributed by atoms with Gasteiger partial charge in [0.25, 0.3) is 0 Å². The molecule has 0 saturated heterocycles. The molecule has 1 aromatic heterocycles. The average Bonchev–Trinajstić information content (AvgIpc) is 2.80. The maximum absolute atomic E-state index is 6.08. The maximum atomic E-state index is 6.08. The molecule has 3 nitrogen and oxygen atoms in total. The van der Waals surface area contributed by atoms with Crippen LogP contribution in [0.4, 0.5) is 5.69 Å². The molecule has 3 heteroatoms. The molecule has 0 aliphatic heterocycles. The number of para-hydroxylation sites is 1. The van der Waals surface area contributed by atoms with Crippen molar-refractivity contribution in [2.45, 2.75) is 26.8 Å². The van der Waals surface area contributed by atoms with Crippen LogP contribution in [-0.2, 0) is 0 Å². The van der Waals surface area contributed by atoms with Gasteiger partial charge in [-0.3, -0.25) is 0 Å². The number of nitrogens with two attached hydrogens (primary N) is 1. The number of nitrogen functional groups attached to an aromatic ring is 1. The molecule has 2 aromatic carbocycles. The number of hydrogen-bond donors (Lipinski definition) is 1. The molecule has 0 bridgehead atoms. The Morgan fingerprint density at radius 3 is 2.50 bits per heavy atom. The van der Waals surface area contributed by atoms with Crippen LogP contribution in [0.2, 0.25) is 0 Å². The molecule has 3 rings (SSSR count). The molecule has 102 valence electrons. The summed E-state index contributed by atoms with van der Waals surface area (Å²) in [5.74, 6) is 0.992. The highest BCUT2D eigenvalue weighted by atomic mass is 15.1. The summed E-state index contributed by atoms with van der Waals surface area (Å²) in [6, 6.07) is 14.6. The Hall–Kier alpha value is -2.29. The van der Waals surface area contributed by atoms with Gasteiger partial charge in [-0.2, -0.15) is 0 Å². The van der Waals surface area contributed by atoms with E-state index in [4.69, 9.17) is 10.7 Å². The molecule has 3 aromatic rings. The molecule has 0 aliphatic carbocycles. The van der Waals surface area contributed by atoms with E-state index < -0.39 is 0 Å². The molecular weight excluding hydrogens is 246 g/mol. The van der Waals surface area contributed by atoms with Crippen LogP contribution in [0.25, 0.3) is 22.4 Å². The summed E-state index contributed by atoms with van der Waals surface area (Å²) in [6.45, 7) is 6.46. The van der Waals surface area contributed by atoms with Gasteiger partial charge in [-0.25, -0.2) is 4.98 Å². The van der Waals surface area contributed by atoms with Crippen LogP contribution < -0.4 is 5.73 Å². The number of rotatable bonds is 2. The van der Waals surface area contributed by atoms with Crippen LogP contribution >= 0.6 is 0 Å². The summed E-state index contributed by atoms with van der Waals surface area (Å²) < 4.78 is 2.26. The molecule has 0 amide bonds. The van der Waals surface area contributed by atoms with Gasteiger partial charge in [-0.15, -0.1) is 0 Å². The van der Waals surface area contributed by atoms with Gasteiger partial charge in [-0.1, -0.05) is 30.3 Å². The van der Waals surface area contributed by atoms with Crippen LogP contribution in [-0.4, -0.2) is 9.55 Å².